The predicted molar refractivity (Wildman–Crippen MR) is 146 cm³/mol. The second-order valence-corrected chi connectivity index (χ2v) is 9.30. The number of carbonyl (C=O) groups is 3. The fourth-order valence-corrected chi connectivity index (χ4v) is 4.32. The summed E-state index contributed by atoms with van der Waals surface area (Å²) in [6.07, 6.45) is 2.81. The number of para-hydroxylation sites is 1. The molecular weight excluding hydrogens is 496 g/mol. The molecule has 0 unspecified atom stereocenters. The summed E-state index contributed by atoms with van der Waals surface area (Å²) >= 11 is 0. The summed E-state index contributed by atoms with van der Waals surface area (Å²) in [5.74, 6) is -0.273. The van der Waals surface area contributed by atoms with Crippen LogP contribution in [-0.4, -0.2) is 40.7 Å². The minimum absolute atomic E-state index is 0.0250. The summed E-state index contributed by atoms with van der Waals surface area (Å²) in [6.45, 7) is 4.66. The first-order valence-electron chi connectivity index (χ1n) is 12.6. The van der Waals surface area contributed by atoms with Crippen molar-refractivity contribution in [2.75, 3.05) is 23.7 Å². The molecule has 200 valence electrons. The van der Waals surface area contributed by atoms with Gasteiger partial charge in [-0.1, -0.05) is 24.3 Å². The van der Waals surface area contributed by atoms with Crippen molar-refractivity contribution in [3.63, 3.8) is 0 Å². The van der Waals surface area contributed by atoms with Crippen LogP contribution < -0.4 is 16.1 Å². The number of aromatic nitrogens is 1. The summed E-state index contributed by atoms with van der Waals surface area (Å²) in [4.78, 5) is 48.8. The highest BCUT2D eigenvalue weighted by Gasteiger charge is 2.26. The Labute approximate surface area is 226 Å². The number of likely N-dealkylation sites (tertiary alicyclic amines) is 1. The topological polar surface area (TPSA) is 136 Å². The largest absolute Gasteiger partial charge is 0.355 e. The third-order valence-electron chi connectivity index (χ3n) is 6.68. The predicted octanol–water partition coefficient (Wildman–Crippen LogP) is 4.06. The van der Waals surface area contributed by atoms with Gasteiger partial charge in [0, 0.05) is 43.4 Å². The third-order valence-corrected chi connectivity index (χ3v) is 6.68. The molecule has 0 atom stereocenters. The zero-order valence-corrected chi connectivity index (χ0v) is 21.9. The molecule has 39 heavy (non-hydrogen) atoms. The highest BCUT2D eigenvalue weighted by Crippen LogP contribution is 2.28. The monoisotopic (exact) mass is 526 g/mol. The van der Waals surface area contributed by atoms with Crippen molar-refractivity contribution in [1.82, 2.24) is 15.4 Å². The average molecular weight is 527 g/mol. The van der Waals surface area contributed by atoms with E-state index in [0.29, 0.717) is 54.3 Å². The highest BCUT2D eigenvalue weighted by molar-refractivity contribution is 6.00. The molecule has 4 rings (SSSR count). The van der Waals surface area contributed by atoms with Crippen LogP contribution in [0.25, 0.3) is 0 Å². The number of nitrogens with one attached hydrogen (secondary N) is 3. The van der Waals surface area contributed by atoms with E-state index in [-0.39, 0.29) is 24.3 Å². The molecule has 3 amide bonds. The van der Waals surface area contributed by atoms with Crippen LogP contribution in [0.4, 0.5) is 17.2 Å². The van der Waals surface area contributed by atoms with Gasteiger partial charge in [0.1, 0.15) is 5.82 Å². The maximum atomic E-state index is 12.9. The number of nitriles is 1. The highest BCUT2D eigenvalue weighted by atomic mass is 16.6. The Morgan fingerprint density at radius 3 is 2.46 bits per heavy atom. The fourth-order valence-electron chi connectivity index (χ4n) is 4.32. The Balaban J connectivity index is 1.38. The lowest BCUT2D eigenvalue weighted by Crippen LogP contribution is -2.40. The summed E-state index contributed by atoms with van der Waals surface area (Å²) in [6, 6.07) is 17.7. The molecule has 1 aromatic heterocycles. The second kappa shape index (κ2) is 12.7. The Kier molecular flexibility index (Phi) is 8.86. The van der Waals surface area contributed by atoms with Crippen LogP contribution in [0.15, 0.2) is 60.8 Å². The molecule has 1 aliphatic rings. The first kappa shape index (κ1) is 27.3. The Morgan fingerprint density at radius 2 is 1.77 bits per heavy atom. The van der Waals surface area contributed by atoms with Crippen LogP contribution in [0.2, 0.25) is 0 Å². The lowest BCUT2D eigenvalue weighted by Gasteiger charge is -2.30. The Morgan fingerprint density at radius 1 is 1.05 bits per heavy atom. The van der Waals surface area contributed by atoms with Crippen molar-refractivity contribution in [3.05, 3.63) is 83.0 Å². The number of carbonyl (C=O) groups excluding carboxylic acids is 3. The summed E-state index contributed by atoms with van der Waals surface area (Å²) in [5.41, 5.74) is 6.16. The number of hydroxylamine groups is 1. The fraction of sp³-hybridized carbons (Fsp3) is 0.276. The molecule has 1 fully saturated rings. The quantitative estimate of drug-likeness (QED) is 0.377. The molecule has 2 heterocycles. The normalized spacial score (nSPS) is 13.3. The van der Waals surface area contributed by atoms with Gasteiger partial charge in [0.05, 0.1) is 29.5 Å². The van der Waals surface area contributed by atoms with E-state index in [1.54, 1.807) is 66.6 Å². The third kappa shape index (κ3) is 6.97. The van der Waals surface area contributed by atoms with Crippen molar-refractivity contribution in [3.8, 4) is 6.07 Å². The summed E-state index contributed by atoms with van der Waals surface area (Å²) in [5, 5.41) is 15.1. The molecule has 1 saturated heterocycles. The number of rotatable bonds is 8. The Bertz CT molecular complexity index is 1390. The van der Waals surface area contributed by atoms with Crippen LogP contribution in [0.3, 0.4) is 0 Å². The van der Waals surface area contributed by atoms with Gasteiger partial charge in [0.2, 0.25) is 11.8 Å². The van der Waals surface area contributed by atoms with Gasteiger partial charge in [0.25, 0.3) is 5.91 Å². The first-order chi connectivity index (χ1) is 18.9. The molecule has 0 bridgehead atoms. The molecule has 3 aromatic rings. The lowest BCUT2D eigenvalue weighted by atomic mass is 9.96. The number of amides is 3. The van der Waals surface area contributed by atoms with E-state index in [1.807, 2.05) is 13.0 Å². The van der Waals surface area contributed by atoms with Crippen molar-refractivity contribution in [2.24, 2.45) is 5.92 Å². The summed E-state index contributed by atoms with van der Waals surface area (Å²) in [7, 11) is 0. The van der Waals surface area contributed by atoms with E-state index in [2.05, 4.69) is 27.2 Å². The SMILES string of the molecule is CC(=O)N1CCC(C(=O)Nc2nccc(Nc3ccccc3C(=O)NOCc3ccc(C#N)cc3)c2C)CC1. The maximum absolute atomic E-state index is 12.9. The van der Waals surface area contributed by atoms with Gasteiger partial charge in [-0.05, 0) is 55.7 Å². The minimum atomic E-state index is -0.427. The maximum Gasteiger partial charge on any atom is 0.276 e. The van der Waals surface area contributed by atoms with Crippen molar-refractivity contribution in [1.29, 1.82) is 5.26 Å². The number of piperidine rings is 1. The van der Waals surface area contributed by atoms with E-state index in [0.717, 1.165) is 11.1 Å². The molecule has 2 aromatic carbocycles. The standard InChI is InChI=1S/C29H30N6O4/c1-19-25(11-14-31-27(19)33-28(37)23-12-15-35(16-13-23)20(2)36)32-26-6-4-3-5-24(26)29(38)34-39-18-22-9-7-21(17-30)8-10-22/h3-11,14,23H,12-13,15-16,18H2,1-2H3,(H,34,38)(H2,31,32,33,37). The molecule has 0 radical (unpaired) electrons. The van der Waals surface area contributed by atoms with E-state index in [9.17, 15) is 14.4 Å². The first-order valence-corrected chi connectivity index (χ1v) is 12.6. The van der Waals surface area contributed by atoms with Crippen molar-refractivity contribution >= 4 is 34.9 Å². The smallest absolute Gasteiger partial charge is 0.276 e. The van der Waals surface area contributed by atoms with E-state index < -0.39 is 5.91 Å². The van der Waals surface area contributed by atoms with Crippen LogP contribution in [-0.2, 0) is 21.0 Å². The van der Waals surface area contributed by atoms with Crippen molar-refractivity contribution in [2.45, 2.75) is 33.3 Å². The number of benzene rings is 2. The number of pyridine rings is 1. The molecule has 3 N–H and O–H groups in total. The number of hydrogen-bond donors (Lipinski definition) is 3. The van der Waals surface area contributed by atoms with E-state index in [4.69, 9.17) is 10.1 Å². The molecule has 1 aliphatic heterocycles. The molecular formula is C29H30N6O4. The van der Waals surface area contributed by atoms with E-state index >= 15 is 0 Å². The van der Waals surface area contributed by atoms with Crippen LogP contribution in [0.1, 0.15) is 46.8 Å². The van der Waals surface area contributed by atoms with Gasteiger partial charge in [-0.25, -0.2) is 10.5 Å². The van der Waals surface area contributed by atoms with Gasteiger partial charge < -0.3 is 15.5 Å². The van der Waals surface area contributed by atoms with Crippen LogP contribution in [0.5, 0.6) is 0 Å². The zero-order chi connectivity index (χ0) is 27.8. The van der Waals surface area contributed by atoms with Gasteiger partial charge in [0.15, 0.2) is 0 Å². The number of hydrogen-bond acceptors (Lipinski definition) is 7. The van der Waals surface area contributed by atoms with Gasteiger partial charge >= 0.3 is 0 Å². The van der Waals surface area contributed by atoms with Crippen LogP contribution >= 0.6 is 0 Å². The Hall–Kier alpha value is -4.75. The van der Waals surface area contributed by atoms with Gasteiger partial charge in [-0.3, -0.25) is 19.2 Å². The van der Waals surface area contributed by atoms with E-state index in [1.165, 1.54) is 0 Å². The second-order valence-electron chi connectivity index (χ2n) is 9.30. The molecule has 0 saturated carbocycles. The molecule has 10 nitrogen and oxygen atoms in total. The van der Waals surface area contributed by atoms with Gasteiger partial charge in [-0.15, -0.1) is 0 Å². The van der Waals surface area contributed by atoms with Crippen molar-refractivity contribution < 1.29 is 19.2 Å². The minimum Gasteiger partial charge on any atom is -0.355 e. The zero-order valence-electron chi connectivity index (χ0n) is 21.9. The molecule has 0 aliphatic carbocycles. The number of anilines is 3. The number of nitrogens with zero attached hydrogens (tertiary/aromatic N) is 3. The molecule has 10 heteroatoms. The summed E-state index contributed by atoms with van der Waals surface area (Å²) < 4.78 is 0. The lowest BCUT2D eigenvalue weighted by molar-refractivity contribution is -0.132. The van der Waals surface area contributed by atoms with Gasteiger partial charge in [-0.2, -0.15) is 5.26 Å². The van der Waals surface area contributed by atoms with Crippen LogP contribution in [0, 0.1) is 24.2 Å². The average Bonchev–Trinajstić information content (AvgIpc) is 2.95. The molecule has 0 spiro atoms.